The zero-order valence-electron chi connectivity index (χ0n) is 14.7. The van der Waals surface area contributed by atoms with Crippen molar-refractivity contribution in [2.45, 2.75) is 33.4 Å². The maximum Gasteiger partial charge on any atom is 0.138 e. The number of aromatic nitrogens is 2. The number of hydrogen-bond donors (Lipinski definition) is 1. The summed E-state index contributed by atoms with van der Waals surface area (Å²) in [5.41, 5.74) is 6.49. The second-order valence-electron chi connectivity index (χ2n) is 6.55. The van der Waals surface area contributed by atoms with Crippen LogP contribution >= 0.6 is 12.4 Å². The molecule has 3 aromatic rings. The molecule has 2 aromatic heterocycles. The van der Waals surface area contributed by atoms with E-state index in [9.17, 15) is 5.11 Å². The summed E-state index contributed by atoms with van der Waals surface area (Å²) in [6.07, 6.45) is 2.95. The lowest BCUT2D eigenvalue weighted by molar-refractivity contribution is 0.277. The lowest BCUT2D eigenvalue weighted by Gasteiger charge is -2.30. The Kier molecular flexibility index (Phi) is 5.02. The van der Waals surface area contributed by atoms with Gasteiger partial charge < -0.3 is 14.6 Å². The Hall–Kier alpha value is -2.04. The highest BCUT2D eigenvalue weighted by atomic mass is 35.5. The summed E-state index contributed by atoms with van der Waals surface area (Å²) in [5.74, 6) is 1.07. The average molecular weight is 358 g/mol. The van der Waals surface area contributed by atoms with Crippen LogP contribution in [0.3, 0.4) is 0 Å². The zero-order valence-corrected chi connectivity index (χ0v) is 15.5. The molecule has 5 heteroatoms. The Bertz CT molecular complexity index is 903. The van der Waals surface area contributed by atoms with Crippen molar-refractivity contribution in [2.75, 3.05) is 18.1 Å². The lowest BCUT2D eigenvalue weighted by atomic mass is 9.99. The highest BCUT2D eigenvalue weighted by Gasteiger charge is 2.22. The van der Waals surface area contributed by atoms with Crippen LogP contribution in [0, 0.1) is 13.8 Å². The largest absolute Gasteiger partial charge is 0.395 e. The van der Waals surface area contributed by atoms with E-state index in [1.165, 1.54) is 33.3 Å². The fraction of sp³-hybridized carbons (Fsp3) is 0.350. The molecule has 25 heavy (non-hydrogen) atoms. The third-order valence-electron chi connectivity index (χ3n) is 5.28. The van der Waals surface area contributed by atoms with E-state index >= 15 is 0 Å². The Labute approximate surface area is 154 Å². The molecule has 0 unspecified atom stereocenters. The minimum Gasteiger partial charge on any atom is -0.395 e. The molecule has 1 aliphatic heterocycles. The first-order valence-corrected chi connectivity index (χ1v) is 8.57. The Balaban J connectivity index is 0.00000182. The fourth-order valence-corrected chi connectivity index (χ4v) is 3.89. The third-order valence-corrected chi connectivity index (χ3v) is 5.28. The van der Waals surface area contributed by atoms with E-state index in [1.807, 2.05) is 6.20 Å². The Morgan fingerprint density at radius 2 is 1.88 bits per heavy atom. The average Bonchev–Trinajstić information content (AvgIpc) is 2.87. The maximum atomic E-state index is 9.39. The molecule has 4 rings (SSSR count). The summed E-state index contributed by atoms with van der Waals surface area (Å²) in [5, 5.41) is 10.6. The first-order chi connectivity index (χ1) is 11.7. The van der Waals surface area contributed by atoms with Crippen molar-refractivity contribution < 1.29 is 5.11 Å². The molecule has 0 spiro atoms. The maximum absolute atomic E-state index is 9.39. The van der Waals surface area contributed by atoms with Crippen LogP contribution in [-0.4, -0.2) is 27.8 Å². The van der Waals surface area contributed by atoms with Crippen LogP contribution in [0.2, 0.25) is 0 Å². The van der Waals surface area contributed by atoms with Gasteiger partial charge in [0.2, 0.25) is 0 Å². The van der Waals surface area contributed by atoms with Gasteiger partial charge in [-0.05, 0) is 43.0 Å². The molecule has 4 nitrogen and oxygen atoms in total. The van der Waals surface area contributed by atoms with Gasteiger partial charge in [0.05, 0.1) is 12.1 Å². The molecule has 0 amide bonds. The number of halogens is 1. The number of benzene rings is 1. The predicted octanol–water partition coefficient (Wildman–Crippen LogP) is 3.63. The smallest absolute Gasteiger partial charge is 0.138 e. The summed E-state index contributed by atoms with van der Waals surface area (Å²) in [6.45, 7) is 6.97. The van der Waals surface area contributed by atoms with Gasteiger partial charge in [0.15, 0.2) is 0 Å². The van der Waals surface area contributed by atoms with Crippen molar-refractivity contribution in [3.8, 4) is 0 Å². The van der Waals surface area contributed by atoms with Crippen molar-refractivity contribution >= 4 is 29.1 Å². The third kappa shape index (κ3) is 2.90. The molecule has 0 aliphatic carbocycles. The van der Waals surface area contributed by atoms with Crippen LogP contribution in [0.15, 0.2) is 36.5 Å². The van der Waals surface area contributed by atoms with Gasteiger partial charge in [-0.2, -0.15) is 0 Å². The second-order valence-corrected chi connectivity index (χ2v) is 6.55. The van der Waals surface area contributed by atoms with Gasteiger partial charge in [0.25, 0.3) is 0 Å². The van der Waals surface area contributed by atoms with Crippen LogP contribution in [0.4, 0.5) is 5.82 Å². The normalized spacial score (nSPS) is 13.6. The molecular weight excluding hydrogens is 334 g/mol. The van der Waals surface area contributed by atoms with Crippen molar-refractivity contribution in [1.29, 1.82) is 0 Å². The predicted molar refractivity (Wildman–Crippen MR) is 105 cm³/mol. The number of nitrogens with zero attached hydrogens (tertiary/aromatic N) is 3. The number of aliphatic hydroxyl groups is 1. The van der Waals surface area contributed by atoms with Crippen molar-refractivity contribution in [1.82, 2.24) is 9.55 Å². The van der Waals surface area contributed by atoms with Gasteiger partial charge in [0, 0.05) is 36.9 Å². The molecule has 0 saturated heterocycles. The van der Waals surface area contributed by atoms with E-state index in [-0.39, 0.29) is 19.0 Å². The summed E-state index contributed by atoms with van der Waals surface area (Å²) < 4.78 is 2.20. The standard InChI is InChI=1S/C20H23N3O.ClH/c1-14-15(2)23(11-12-24)18-7-9-21-20(19(14)18)22-10-8-16-5-3-4-6-17(16)13-22;/h3-7,9,24H,8,10-13H2,1-2H3;1H. The molecule has 1 aromatic carbocycles. The lowest BCUT2D eigenvalue weighted by Crippen LogP contribution is -2.31. The van der Waals surface area contributed by atoms with Crippen LogP contribution < -0.4 is 4.90 Å². The van der Waals surface area contributed by atoms with Crippen LogP contribution in [-0.2, 0) is 19.5 Å². The second kappa shape index (κ2) is 7.06. The first kappa shape index (κ1) is 17.8. The number of hydrogen-bond acceptors (Lipinski definition) is 3. The van der Waals surface area contributed by atoms with Gasteiger partial charge in [-0.1, -0.05) is 24.3 Å². The van der Waals surface area contributed by atoms with E-state index in [0.717, 1.165) is 25.3 Å². The topological polar surface area (TPSA) is 41.3 Å². The minimum absolute atomic E-state index is 0. The molecule has 1 N–H and O–H groups in total. The van der Waals surface area contributed by atoms with E-state index in [2.05, 4.69) is 53.6 Å². The number of aryl methyl sites for hydroxylation is 1. The monoisotopic (exact) mass is 357 g/mol. The number of anilines is 1. The Morgan fingerprint density at radius 3 is 2.64 bits per heavy atom. The number of rotatable bonds is 3. The molecule has 132 valence electrons. The van der Waals surface area contributed by atoms with E-state index in [1.54, 1.807) is 0 Å². The van der Waals surface area contributed by atoms with E-state index < -0.39 is 0 Å². The molecule has 0 radical (unpaired) electrons. The zero-order chi connectivity index (χ0) is 16.7. The molecular formula is C20H24ClN3O. The van der Waals surface area contributed by atoms with Gasteiger partial charge in [0.1, 0.15) is 5.82 Å². The highest BCUT2D eigenvalue weighted by molar-refractivity contribution is 5.94. The molecule has 0 saturated carbocycles. The molecule has 3 heterocycles. The number of aliphatic hydroxyl groups excluding tert-OH is 1. The Morgan fingerprint density at radius 1 is 1.12 bits per heavy atom. The summed E-state index contributed by atoms with van der Waals surface area (Å²) >= 11 is 0. The summed E-state index contributed by atoms with van der Waals surface area (Å²) in [6, 6.07) is 10.7. The minimum atomic E-state index is 0. The highest BCUT2D eigenvalue weighted by Crippen LogP contribution is 2.34. The molecule has 1 aliphatic rings. The molecule has 0 atom stereocenters. The van der Waals surface area contributed by atoms with E-state index in [0.29, 0.717) is 6.54 Å². The fourth-order valence-electron chi connectivity index (χ4n) is 3.89. The van der Waals surface area contributed by atoms with Gasteiger partial charge >= 0.3 is 0 Å². The van der Waals surface area contributed by atoms with Crippen LogP contribution in [0.5, 0.6) is 0 Å². The number of pyridine rings is 1. The van der Waals surface area contributed by atoms with Crippen molar-refractivity contribution in [2.24, 2.45) is 0 Å². The molecule has 0 fully saturated rings. The van der Waals surface area contributed by atoms with Gasteiger partial charge in [-0.3, -0.25) is 0 Å². The van der Waals surface area contributed by atoms with Gasteiger partial charge in [-0.15, -0.1) is 12.4 Å². The first-order valence-electron chi connectivity index (χ1n) is 8.57. The summed E-state index contributed by atoms with van der Waals surface area (Å²) in [4.78, 5) is 7.12. The molecule has 0 bridgehead atoms. The van der Waals surface area contributed by atoms with Gasteiger partial charge in [-0.25, -0.2) is 4.98 Å². The quantitative estimate of drug-likeness (QED) is 0.778. The van der Waals surface area contributed by atoms with Crippen LogP contribution in [0.25, 0.3) is 10.9 Å². The van der Waals surface area contributed by atoms with Crippen LogP contribution in [0.1, 0.15) is 22.4 Å². The SMILES string of the molecule is Cc1c(C)n(CCO)c2ccnc(N3CCc4ccccc4C3)c12.Cl. The van der Waals surface area contributed by atoms with E-state index in [4.69, 9.17) is 4.98 Å². The number of fused-ring (bicyclic) bond motifs is 2. The van der Waals surface area contributed by atoms with Crippen molar-refractivity contribution in [3.63, 3.8) is 0 Å². The van der Waals surface area contributed by atoms with Crippen molar-refractivity contribution in [3.05, 3.63) is 58.9 Å². The summed E-state index contributed by atoms with van der Waals surface area (Å²) in [7, 11) is 0.